The molecule has 0 saturated carbocycles. The molecule has 2 heterocycles. The van der Waals surface area contributed by atoms with Gasteiger partial charge in [0.15, 0.2) is 9.84 Å². The second kappa shape index (κ2) is 8.22. The van der Waals surface area contributed by atoms with Crippen molar-refractivity contribution in [3.8, 4) is 0 Å². The van der Waals surface area contributed by atoms with Gasteiger partial charge in [0.05, 0.1) is 15.5 Å². The standard InChI is InChI=1S/C19H22N2O4S2/c1-15-4-6-16(7-5-15)27(24,25)14-8-18(22)20-9-11-21(12-10-20)19(23)17-3-2-13-26-17/h2-7,13H,8-12,14H2,1H3. The van der Waals surface area contributed by atoms with Crippen LogP contribution in [0.5, 0.6) is 0 Å². The number of carbonyl (C=O) groups is 2. The Morgan fingerprint density at radius 1 is 1.00 bits per heavy atom. The number of sulfone groups is 1. The minimum atomic E-state index is -3.48. The van der Waals surface area contributed by atoms with Gasteiger partial charge in [-0.1, -0.05) is 23.8 Å². The number of piperazine rings is 1. The lowest BCUT2D eigenvalue weighted by Gasteiger charge is -2.34. The Labute approximate surface area is 163 Å². The highest BCUT2D eigenvalue weighted by Crippen LogP contribution is 2.16. The Morgan fingerprint density at radius 3 is 2.22 bits per heavy atom. The molecule has 0 unspecified atom stereocenters. The van der Waals surface area contributed by atoms with E-state index >= 15 is 0 Å². The van der Waals surface area contributed by atoms with Gasteiger partial charge in [0.1, 0.15) is 0 Å². The predicted molar refractivity (Wildman–Crippen MR) is 105 cm³/mol. The van der Waals surface area contributed by atoms with E-state index < -0.39 is 9.84 Å². The maximum atomic E-state index is 12.4. The first-order chi connectivity index (χ1) is 12.9. The molecule has 1 fully saturated rings. The zero-order valence-corrected chi connectivity index (χ0v) is 16.8. The van der Waals surface area contributed by atoms with Gasteiger partial charge in [-0.3, -0.25) is 9.59 Å². The van der Waals surface area contributed by atoms with Gasteiger partial charge in [0, 0.05) is 32.6 Å². The molecule has 0 bridgehead atoms. The third kappa shape index (κ3) is 4.75. The molecule has 1 aliphatic heterocycles. The third-order valence-electron chi connectivity index (χ3n) is 4.62. The number of nitrogens with zero attached hydrogens (tertiary/aromatic N) is 2. The maximum absolute atomic E-state index is 12.4. The van der Waals surface area contributed by atoms with Gasteiger partial charge in [-0.05, 0) is 30.5 Å². The number of rotatable bonds is 5. The van der Waals surface area contributed by atoms with E-state index in [-0.39, 0.29) is 28.9 Å². The smallest absolute Gasteiger partial charge is 0.264 e. The number of thiophene rings is 1. The fourth-order valence-corrected chi connectivity index (χ4v) is 4.88. The van der Waals surface area contributed by atoms with Gasteiger partial charge in [-0.25, -0.2) is 8.42 Å². The molecule has 1 aliphatic rings. The van der Waals surface area contributed by atoms with Crippen molar-refractivity contribution < 1.29 is 18.0 Å². The van der Waals surface area contributed by atoms with E-state index in [2.05, 4.69) is 0 Å². The van der Waals surface area contributed by atoms with Crippen LogP contribution in [-0.2, 0) is 14.6 Å². The van der Waals surface area contributed by atoms with E-state index in [1.807, 2.05) is 18.4 Å². The summed E-state index contributed by atoms with van der Waals surface area (Å²) in [6.45, 7) is 3.68. The molecule has 144 valence electrons. The van der Waals surface area contributed by atoms with Crippen molar-refractivity contribution in [2.45, 2.75) is 18.2 Å². The molecule has 27 heavy (non-hydrogen) atoms. The first kappa shape index (κ1) is 19.6. The van der Waals surface area contributed by atoms with E-state index in [4.69, 9.17) is 0 Å². The Balaban J connectivity index is 1.51. The van der Waals surface area contributed by atoms with Crippen LogP contribution in [0.4, 0.5) is 0 Å². The van der Waals surface area contributed by atoms with Crippen molar-refractivity contribution in [2.75, 3.05) is 31.9 Å². The fourth-order valence-electron chi connectivity index (χ4n) is 2.96. The summed E-state index contributed by atoms with van der Waals surface area (Å²) in [7, 11) is -3.48. The average molecular weight is 407 g/mol. The van der Waals surface area contributed by atoms with Gasteiger partial charge in [-0.2, -0.15) is 0 Å². The summed E-state index contributed by atoms with van der Waals surface area (Å²) in [6.07, 6.45) is -0.0465. The average Bonchev–Trinajstić information content (AvgIpc) is 3.21. The number of hydrogen-bond donors (Lipinski definition) is 0. The minimum Gasteiger partial charge on any atom is -0.339 e. The Hall–Kier alpha value is -2.19. The maximum Gasteiger partial charge on any atom is 0.264 e. The van der Waals surface area contributed by atoms with Gasteiger partial charge in [0.2, 0.25) is 5.91 Å². The van der Waals surface area contributed by atoms with Crippen LogP contribution in [0.1, 0.15) is 21.7 Å². The second-order valence-electron chi connectivity index (χ2n) is 6.53. The van der Waals surface area contributed by atoms with Gasteiger partial charge in [-0.15, -0.1) is 11.3 Å². The van der Waals surface area contributed by atoms with Gasteiger partial charge >= 0.3 is 0 Å². The van der Waals surface area contributed by atoms with Crippen molar-refractivity contribution in [2.24, 2.45) is 0 Å². The summed E-state index contributed by atoms with van der Waals surface area (Å²) < 4.78 is 24.8. The number of amides is 2. The van der Waals surface area contributed by atoms with Crippen LogP contribution < -0.4 is 0 Å². The third-order valence-corrected chi connectivity index (χ3v) is 7.21. The molecular weight excluding hydrogens is 384 g/mol. The molecule has 1 saturated heterocycles. The second-order valence-corrected chi connectivity index (χ2v) is 9.59. The van der Waals surface area contributed by atoms with E-state index in [1.165, 1.54) is 11.3 Å². The Kier molecular flexibility index (Phi) is 5.96. The zero-order chi connectivity index (χ0) is 19.4. The lowest BCUT2D eigenvalue weighted by molar-refractivity contribution is -0.132. The largest absolute Gasteiger partial charge is 0.339 e. The fraction of sp³-hybridized carbons (Fsp3) is 0.368. The van der Waals surface area contributed by atoms with Crippen molar-refractivity contribution >= 4 is 33.0 Å². The summed E-state index contributed by atoms with van der Waals surface area (Å²) in [5.74, 6) is -0.406. The van der Waals surface area contributed by atoms with Gasteiger partial charge in [0.25, 0.3) is 5.91 Å². The van der Waals surface area contributed by atoms with E-state index in [9.17, 15) is 18.0 Å². The lowest BCUT2D eigenvalue weighted by Crippen LogP contribution is -2.50. The Morgan fingerprint density at radius 2 is 1.63 bits per heavy atom. The summed E-state index contributed by atoms with van der Waals surface area (Å²) in [6, 6.07) is 10.3. The summed E-state index contributed by atoms with van der Waals surface area (Å²) in [5, 5.41) is 1.86. The molecule has 6 nitrogen and oxygen atoms in total. The van der Waals surface area contributed by atoms with Gasteiger partial charge < -0.3 is 9.80 Å². The predicted octanol–water partition coefficient (Wildman–Crippen LogP) is 2.20. The minimum absolute atomic E-state index is 0.0148. The number of aryl methyl sites for hydroxylation is 1. The molecule has 2 amide bonds. The topological polar surface area (TPSA) is 74.8 Å². The summed E-state index contributed by atoms with van der Waals surface area (Å²) >= 11 is 1.40. The van der Waals surface area contributed by atoms with Crippen molar-refractivity contribution in [1.82, 2.24) is 9.80 Å². The van der Waals surface area contributed by atoms with Crippen LogP contribution in [0.3, 0.4) is 0 Å². The summed E-state index contributed by atoms with van der Waals surface area (Å²) in [5.41, 5.74) is 0.986. The molecule has 0 aliphatic carbocycles. The first-order valence-electron chi connectivity index (χ1n) is 8.77. The summed E-state index contributed by atoms with van der Waals surface area (Å²) in [4.78, 5) is 29.0. The van der Waals surface area contributed by atoms with E-state index in [0.717, 1.165) is 5.56 Å². The molecular formula is C19H22N2O4S2. The molecule has 0 radical (unpaired) electrons. The molecule has 8 heteroatoms. The number of carbonyl (C=O) groups excluding carboxylic acids is 2. The van der Waals surface area contributed by atoms with Crippen molar-refractivity contribution in [1.29, 1.82) is 0 Å². The van der Waals surface area contributed by atoms with Crippen LogP contribution in [-0.4, -0.2) is 62.0 Å². The van der Waals surface area contributed by atoms with E-state index in [0.29, 0.717) is 31.1 Å². The molecule has 1 aromatic carbocycles. The molecule has 1 aromatic heterocycles. The normalized spacial score (nSPS) is 15.0. The van der Waals surface area contributed by atoms with Crippen LogP contribution in [0.2, 0.25) is 0 Å². The quantitative estimate of drug-likeness (QED) is 0.763. The number of hydrogen-bond acceptors (Lipinski definition) is 5. The highest BCUT2D eigenvalue weighted by Gasteiger charge is 2.26. The molecule has 0 N–H and O–H groups in total. The lowest BCUT2D eigenvalue weighted by atomic mass is 10.2. The van der Waals surface area contributed by atoms with Crippen molar-refractivity contribution in [3.05, 3.63) is 52.2 Å². The highest BCUT2D eigenvalue weighted by atomic mass is 32.2. The van der Waals surface area contributed by atoms with Crippen LogP contribution in [0, 0.1) is 6.92 Å². The molecule has 0 spiro atoms. The van der Waals surface area contributed by atoms with Crippen molar-refractivity contribution in [3.63, 3.8) is 0 Å². The van der Waals surface area contributed by atoms with Crippen LogP contribution >= 0.6 is 11.3 Å². The molecule has 2 aromatic rings. The molecule has 0 atom stereocenters. The monoisotopic (exact) mass is 406 g/mol. The van der Waals surface area contributed by atoms with E-state index in [1.54, 1.807) is 40.1 Å². The highest BCUT2D eigenvalue weighted by molar-refractivity contribution is 7.91. The van der Waals surface area contributed by atoms with Crippen LogP contribution in [0.15, 0.2) is 46.7 Å². The van der Waals surface area contributed by atoms with Crippen LogP contribution in [0.25, 0.3) is 0 Å². The Bertz CT molecular complexity index is 898. The first-order valence-corrected chi connectivity index (χ1v) is 11.3. The number of benzene rings is 1. The zero-order valence-electron chi connectivity index (χ0n) is 15.1. The molecule has 3 rings (SSSR count). The SMILES string of the molecule is Cc1ccc(S(=O)(=O)CCC(=O)N2CCN(C(=O)c3cccs3)CC2)cc1.